The summed E-state index contributed by atoms with van der Waals surface area (Å²) in [5.41, 5.74) is -1.94. The second-order valence-electron chi connectivity index (χ2n) is 4.64. The summed E-state index contributed by atoms with van der Waals surface area (Å²) in [5.74, 6) is -4.30. The molecule has 0 spiro atoms. The number of carboxylic acid groups (broad SMARTS) is 1. The molecule has 0 radical (unpaired) electrons. The number of non-ortho nitro benzene ring substituents is 2. The lowest BCUT2D eigenvalue weighted by molar-refractivity contribution is -0.385. The second-order valence-corrected chi connectivity index (χ2v) is 4.64. The first-order valence-corrected chi connectivity index (χ1v) is 6.78. The van der Waals surface area contributed by atoms with Crippen LogP contribution in [0.25, 0.3) is 0 Å². The summed E-state index contributed by atoms with van der Waals surface area (Å²) in [7, 11) is 1.07. The Hall–Kier alpha value is -3.96. The van der Waals surface area contributed by atoms with Crippen LogP contribution in [0.1, 0.15) is 20.7 Å². The molecule has 0 aliphatic heterocycles. The van der Waals surface area contributed by atoms with Gasteiger partial charge in [0.1, 0.15) is 22.8 Å². The minimum Gasteiger partial charge on any atom is -0.478 e. The van der Waals surface area contributed by atoms with E-state index in [2.05, 4.69) is 4.74 Å². The van der Waals surface area contributed by atoms with Crippen molar-refractivity contribution in [2.75, 3.05) is 7.11 Å². The Balaban J connectivity index is 0.000000271. The number of methoxy groups -OCH3 is 1. The highest BCUT2D eigenvalue weighted by molar-refractivity contribution is 5.90. The number of nitro groups is 2. The molecule has 0 heterocycles. The molecule has 2 aromatic rings. The maximum Gasteiger partial charge on any atom is 0.341 e. The van der Waals surface area contributed by atoms with Gasteiger partial charge in [0.15, 0.2) is 0 Å². The summed E-state index contributed by atoms with van der Waals surface area (Å²) < 4.78 is 29.9. The third-order valence-corrected chi connectivity index (χ3v) is 2.96. The van der Waals surface area contributed by atoms with Crippen LogP contribution in [0.15, 0.2) is 36.4 Å². The summed E-state index contributed by atoms with van der Waals surface area (Å²) in [6.07, 6.45) is 0. The van der Waals surface area contributed by atoms with Gasteiger partial charge >= 0.3 is 11.9 Å². The van der Waals surface area contributed by atoms with E-state index in [1.165, 1.54) is 0 Å². The third-order valence-electron chi connectivity index (χ3n) is 2.96. The SMILES string of the molecule is COC(=O)c1cc([N+](=O)[O-])ccc1F.O=C(O)c1cc([N+](=O)[O-])ccc1F. The zero-order valence-electron chi connectivity index (χ0n) is 13.4. The summed E-state index contributed by atoms with van der Waals surface area (Å²) >= 11 is 0. The minimum absolute atomic E-state index is 0.355. The molecule has 0 fully saturated rings. The fourth-order valence-electron chi connectivity index (χ4n) is 1.68. The van der Waals surface area contributed by atoms with E-state index < -0.39 is 50.2 Å². The highest BCUT2D eigenvalue weighted by atomic mass is 19.1. The van der Waals surface area contributed by atoms with E-state index in [-0.39, 0.29) is 5.69 Å². The molecule has 0 amide bonds. The Labute approximate surface area is 148 Å². The number of ether oxygens (including phenoxy) is 1. The van der Waals surface area contributed by atoms with Crippen LogP contribution in [0.4, 0.5) is 20.2 Å². The van der Waals surface area contributed by atoms with Crippen LogP contribution in [-0.2, 0) is 4.74 Å². The van der Waals surface area contributed by atoms with Gasteiger partial charge in [0.05, 0.1) is 17.0 Å². The van der Waals surface area contributed by atoms with Gasteiger partial charge in [0.2, 0.25) is 0 Å². The largest absolute Gasteiger partial charge is 0.478 e. The third kappa shape index (κ3) is 5.52. The van der Waals surface area contributed by atoms with Crippen LogP contribution < -0.4 is 0 Å². The second kappa shape index (κ2) is 8.94. The first kappa shape index (κ1) is 21.1. The molecule has 27 heavy (non-hydrogen) atoms. The number of nitrogens with zero attached hydrogens (tertiary/aromatic N) is 2. The molecule has 0 unspecified atom stereocenters. The van der Waals surface area contributed by atoms with Crippen molar-refractivity contribution in [1.29, 1.82) is 0 Å². The molecule has 142 valence electrons. The van der Waals surface area contributed by atoms with E-state index in [9.17, 15) is 38.6 Å². The number of carboxylic acids is 1. The van der Waals surface area contributed by atoms with Gasteiger partial charge in [-0.3, -0.25) is 20.2 Å². The van der Waals surface area contributed by atoms with Crippen molar-refractivity contribution < 1.29 is 38.1 Å². The summed E-state index contributed by atoms with van der Waals surface area (Å²) in [6.45, 7) is 0. The lowest BCUT2D eigenvalue weighted by atomic mass is 10.2. The number of carbonyl (C=O) groups is 2. The molecule has 12 heteroatoms. The van der Waals surface area contributed by atoms with Crippen LogP contribution in [0.5, 0.6) is 0 Å². The van der Waals surface area contributed by atoms with Gasteiger partial charge in [-0.05, 0) is 12.1 Å². The van der Waals surface area contributed by atoms with Crippen molar-refractivity contribution in [2.45, 2.75) is 0 Å². The molecule has 1 N–H and O–H groups in total. The molecule has 0 bridgehead atoms. The Morgan fingerprint density at radius 1 is 0.926 bits per heavy atom. The van der Waals surface area contributed by atoms with Gasteiger partial charge in [-0.25, -0.2) is 18.4 Å². The van der Waals surface area contributed by atoms with Crippen molar-refractivity contribution >= 4 is 23.3 Å². The maximum atomic E-state index is 12.9. The predicted molar refractivity (Wildman–Crippen MR) is 84.4 cm³/mol. The van der Waals surface area contributed by atoms with E-state index in [1.807, 2.05) is 0 Å². The molecule has 0 aliphatic rings. The number of benzene rings is 2. The van der Waals surface area contributed by atoms with E-state index in [0.29, 0.717) is 6.07 Å². The Morgan fingerprint density at radius 2 is 1.33 bits per heavy atom. The maximum absolute atomic E-state index is 12.9. The van der Waals surface area contributed by atoms with Gasteiger partial charge < -0.3 is 9.84 Å². The summed E-state index contributed by atoms with van der Waals surface area (Å²) in [5, 5.41) is 28.9. The molecule has 0 aromatic heterocycles. The zero-order chi connectivity index (χ0) is 20.7. The summed E-state index contributed by atoms with van der Waals surface area (Å²) in [6, 6.07) is 4.99. The van der Waals surface area contributed by atoms with Gasteiger partial charge in [-0.2, -0.15) is 0 Å². The van der Waals surface area contributed by atoms with Crippen LogP contribution in [0, 0.1) is 31.9 Å². The zero-order valence-corrected chi connectivity index (χ0v) is 13.4. The topological polar surface area (TPSA) is 150 Å². The Morgan fingerprint density at radius 3 is 1.70 bits per heavy atom. The first-order chi connectivity index (χ1) is 12.6. The smallest absolute Gasteiger partial charge is 0.341 e. The molecule has 0 saturated carbocycles. The van der Waals surface area contributed by atoms with Crippen LogP contribution in [-0.4, -0.2) is 34.0 Å². The van der Waals surface area contributed by atoms with Crippen LogP contribution in [0.2, 0.25) is 0 Å². The van der Waals surface area contributed by atoms with E-state index in [1.54, 1.807) is 0 Å². The molecule has 0 saturated heterocycles. The molecular weight excluding hydrogens is 374 g/mol. The fraction of sp³-hybridized carbons (Fsp3) is 0.0667. The van der Waals surface area contributed by atoms with E-state index in [4.69, 9.17) is 5.11 Å². The number of rotatable bonds is 4. The predicted octanol–water partition coefficient (Wildman–Crippen LogP) is 2.95. The van der Waals surface area contributed by atoms with Crippen molar-refractivity contribution in [2.24, 2.45) is 0 Å². The Kier molecular flexibility index (Phi) is 6.98. The van der Waals surface area contributed by atoms with Crippen molar-refractivity contribution in [3.63, 3.8) is 0 Å². The standard InChI is InChI=1S/C8H6FNO4.C7H4FNO4/c1-14-8(11)6-4-5(10(12)13)2-3-7(6)9;8-6-2-1-4(9(12)13)3-5(6)7(10)11/h2-4H,1H3;1-3H,(H,10,11). The number of hydrogen-bond donors (Lipinski definition) is 1. The summed E-state index contributed by atoms with van der Waals surface area (Å²) in [4.78, 5) is 40.2. The van der Waals surface area contributed by atoms with Gasteiger partial charge in [-0.1, -0.05) is 0 Å². The quantitative estimate of drug-likeness (QED) is 0.480. The number of aromatic carboxylic acids is 1. The average molecular weight is 384 g/mol. The number of nitro benzene ring substituents is 2. The highest BCUT2D eigenvalue weighted by Gasteiger charge is 2.17. The average Bonchev–Trinajstić information content (AvgIpc) is 2.61. The van der Waals surface area contributed by atoms with E-state index in [0.717, 1.165) is 37.4 Å². The lowest BCUT2D eigenvalue weighted by Gasteiger charge is -1.99. The first-order valence-electron chi connectivity index (χ1n) is 6.78. The number of carbonyl (C=O) groups excluding carboxylic acids is 1. The number of hydrogen-bond acceptors (Lipinski definition) is 7. The fourth-order valence-corrected chi connectivity index (χ4v) is 1.68. The van der Waals surface area contributed by atoms with Crippen LogP contribution in [0.3, 0.4) is 0 Å². The molecule has 2 rings (SSSR count). The molecular formula is C15H10F2N2O8. The number of esters is 1. The highest BCUT2D eigenvalue weighted by Crippen LogP contribution is 2.17. The minimum atomic E-state index is -1.53. The molecule has 2 aromatic carbocycles. The van der Waals surface area contributed by atoms with Gasteiger partial charge in [-0.15, -0.1) is 0 Å². The molecule has 0 aliphatic carbocycles. The van der Waals surface area contributed by atoms with Crippen LogP contribution >= 0.6 is 0 Å². The van der Waals surface area contributed by atoms with E-state index >= 15 is 0 Å². The van der Waals surface area contributed by atoms with Crippen molar-refractivity contribution in [1.82, 2.24) is 0 Å². The number of halogens is 2. The monoisotopic (exact) mass is 384 g/mol. The van der Waals surface area contributed by atoms with Crippen molar-refractivity contribution in [3.8, 4) is 0 Å². The van der Waals surface area contributed by atoms with Gasteiger partial charge in [0.25, 0.3) is 11.4 Å². The van der Waals surface area contributed by atoms with Gasteiger partial charge in [0, 0.05) is 24.3 Å². The molecule has 10 nitrogen and oxygen atoms in total. The Bertz CT molecular complexity index is 917. The van der Waals surface area contributed by atoms with Crippen molar-refractivity contribution in [3.05, 3.63) is 79.4 Å². The molecule has 0 atom stereocenters. The lowest BCUT2D eigenvalue weighted by Crippen LogP contribution is -2.05. The normalized spacial score (nSPS) is 9.59.